The number of rotatable bonds is 5. The SMILES string of the molecule is O=C(C[C@@H]1CCS(=O)(=O)C1)N[C@@H](c1ccccc1)c1c(O)ccc2ccccc12. The van der Waals surface area contributed by atoms with Crippen molar-refractivity contribution in [2.75, 3.05) is 11.5 Å². The molecule has 3 aromatic carbocycles. The van der Waals surface area contributed by atoms with Crippen LogP contribution in [0.1, 0.15) is 30.0 Å². The first-order valence-electron chi connectivity index (χ1n) is 9.68. The van der Waals surface area contributed by atoms with Crippen LogP contribution >= 0.6 is 0 Å². The fourth-order valence-corrected chi connectivity index (χ4v) is 5.93. The van der Waals surface area contributed by atoms with Gasteiger partial charge in [0.1, 0.15) is 5.75 Å². The molecular formula is C23H23NO4S. The van der Waals surface area contributed by atoms with E-state index in [0.717, 1.165) is 16.3 Å². The molecule has 1 amide bonds. The second-order valence-electron chi connectivity index (χ2n) is 7.60. The zero-order valence-corrected chi connectivity index (χ0v) is 16.7. The molecule has 1 saturated heterocycles. The Morgan fingerprint density at radius 2 is 1.76 bits per heavy atom. The highest BCUT2D eigenvalue weighted by molar-refractivity contribution is 7.91. The number of aromatic hydroxyl groups is 1. The molecule has 2 N–H and O–H groups in total. The molecule has 1 aliphatic rings. The average molecular weight is 410 g/mol. The lowest BCUT2D eigenvalue weighted by Crippen LogP contribution is -2.31. The fraction of sp³-hybridized carbons (Fsp3) is 0.261. The summed E-state index contributed by atoms with van der Waals surface area (Å²) in [7, 11) is -3.03. The average Bonchev–Trinajstić information content (AvgIpc) is 3.05. The molecule has 3 aromatic rings. The van der Waals surface area contributed by atoms with Gasteiger partial charge in [-0.05, 0) is 34.7 Å². The van der Waals surface area contributed by atoms with Gasteiger partial charge in [0.2, 0.25) is 5.91 Å². The van der Waals surface area contributed by atoms with Crippen molar-refractivity contribution in [3.63, 3.8) is 0 Å². The number of carbonyl (C=O) groups excluding carboxylic acids is 1. The van der Waals surface area contributed by atoms with E-state index in [1.54, 1.807) is 6.07 Å². The molecule has 6 heteroatoms. The predicted octanol–water partition coefficient (Wildman–Crippen LogP) is 3.58. The molecule has 1 aliphatic heterocycles. The molecule has 0 aliphatic carbocycles. The lowest BCUT2D eigenvalue weighted by atomic mass is 9.92. The van der Waals surface area contributed by atoms with E-state index in [4.69, 9.17) is 0 Å². The van der Waals surface area contributed by atoms with E-state index in [1.807, 2.05) is 60.7 Å². The minimum atomic E-state index is -3.03. The third-order valence-corrected chi connectivity index (χ3v) is 7.31. The largest absolute Gasteiger partial charge is 0.508 e. The quantitative estimate of drug-likeness (QED) is 0.675. The molecule has 1 fully saturated rings. The Kier molecular flexibility index (Phi) is 5.28. The Morgan fingerprint density at radius 1 is 1.03 bits per heavy atom. The number of nitrogens with one attached hydrogen (secondary N) is 1. The number of hydrogen-bond acceptors (Lipinski definition) is 4. The summed E-state index contributed by atoms with van der Waals surface area (Å²) in [6.45, 7) is 0. The van der Waals surface area contributed by atoms with E-state index in [1.165, 1.54) is 0 Å². The van der Waals surface area contributed by atoms with Crippen LogP contribution in [0, 0.1) is 5.92 Å². The van der Waals surface area contributed by atoms with Crippen molar-refractivity contribution in [3.05, 3.63) is 77.9 Å². The minimum absolute atomic E-state index is 0.0654. The summed E-state index contributed by atoms with van der Waals surface area (Å²) in [5.74, 6) is -0.0419. The second-order valence-corrected chi connectivity index (χ2v) is 9.83. The number of sulfone groups is 1. The first-order valence-corrected chi connectivity index (χ1v) is 11.5. The molecule has 0 spiro atoms. The van der Waals surface area contributed by atoms with Crippen LogP contribution < -0.4 is 5.32 Å². The Labute approximate surface area is 170 Å². The monoisotopic (exact) mass is 409 g/mol. The van der Waals surface area contributed by atoms with Gasteiger partial charge in [0.05, 0.1) is 17.5 Å². The van der Waals surface area contributed by atoms with E-state index < -0.39 is 15.9 Å². The topological polar surface area (TPSA) is 83.5 Å². The zero-order chi connectivity index (χ0) is 20.4. The third kappa shape index (κ3) is 4.27. The van der Waals surface area contributed by atoms with E-state index in [0.29, 0.717) is 12.0 Å². The summed E-state index contributed by atoms with van der Waals surface area (Å²) in [5.41, 5.74) is 1.49. The van der Waals surface area contributed by atoms with E-state index in [2.05, 4.69) is 5.32 Å². The van der Waals surface area contributed by atoms with Crippen LogP contribution in [0.5, 0.6) is 5.75 Å². The highest BCUT2D eigenvalue weighted by atomic mass is 32.2. The van der Waals surface area contributed by atoms with Crippen LogP contribution in [-0.2, 0) is 14.6 Å². The van der Waals surface area contributed by atoms with Crippen LogP contribution in [-0.4, -0.2) is 30.9 Å². The minimum Gasteiger partial charge on any atom is -0.508 e. The molecule has 0 bridgehead atoms. The molecule has 0 radical (unpaired) electrons. The first-order chi connectivity index (χ1) is 13.9. The van der Waals surface area contributed by atoms with Crippen molar-refractivity contribution in [2.24, 2.45) is 5.92 Å². The maximum atomic E-state index is 12.8. The molecule has 29 heavy (non-hydrogen) atoms. The van der Waals surface area contributed by atoms with E-state index in [-0.39, 0.29) is 35.5 Å². The van der Waals surface area contributed by atoms with Gasteiger partial charge in [-0.25, -0.2) is 8.42 Å². The van der Waals surface area contributed by atoms with Gasteiger partial charge < -0.3 is 10.4 Å². The Balaban J connectivity index is 1.69. The standard InChI is InChI=1S/C23H23NO4S/c25-20-11-10-17-6-4-5-9-19(17)22(20)23(18-7-2-1-3-8-18)24-21(26)14-16-12-13-29(27,28)15-16/h1-11,16,23,25H,12-15H2,(H,24,26)/t16-,23-/m0/s1. The van der Waals surface area contributed by atoms with Crippen LogP contribution in [0.4, 0.5) is 0 Å². The summed E-state index contributed by atoms with van der Waals surface area (Å²) in [6.07, 6.45) is 0.680. The number of carbonyl (C=O) groups is 1. The molecule has 0 saturated carbocycles. The molecular weight excluding hydrogens is 386 g/mol. The lowest BCUT2D eigenvalue weighted by molar-refractivity contribution is -0.122. The van der Waals surface area contributed by atoms with Gasteiger partial charge >= 0.3 is 0 Å². The van der Waals surface area contributed by atoms with Crippen molar-refractivity contribution in [1.29, 1.82) is 0 Å². The molecule has 5 nitrogen and oxygen atoms in total. The highest BCUT2D eigenvalue weighted by Crippen LogP contribution is 2.36. The Hall–Kier alpha value is -2.86. The summed E-state index contributed by atoms with van der Waals surface area (Å²) in [6, 6.07) is 20.2. The van der Waals surface area contributed by atoms with Gasteiger partial charge in [-0.1, -0.05) is 60.7 Å². The van der Waals surface area contributed by atoms with Gasteiger partial charge in [-0.2, -0.15) is 0 Å². The van der Waals surface area contributed by atoms with Crippen LogP contribution in [0.25, 0.3) is 10.8 Å². The van der Waals surface area contributed by atoms with Crippen molar-refractivity contribution < 1.29 is 18.3 Å². The van der Waals surface area contributed by atoms with E-state index >= 15 is 0 Å². The number of benzene rings is 3. The summed E-state index contributed by atoms with van der Waals surface area (Å²) in [5, 5.41) is 15.6. The van der Waals surface area contributed by atoms with Crippen LogP contribution in [0.3, 0.4) is 0 Å². The molecule has 1 heterocycles. The predicted molar refractivity (Wildman–Crippen MR) is 113 cm³/mol. The number of amides is 1. The summed E-state index contributed by atoms with van der Waals surface area (Å²) < 4.78 is 23.4. The zero-order valence-electron chi connectivity index (χ0n) is 15.9. The van der Waals surface area contributed by atoms with Crippen molar-refractivity contribution in [1.82, 2.24) is 5.32 Å². The molecule has 4 rings (SSSR count). The molecule has 0 aromatic heterocycles. The maximum Gasteiger partial charge on any atom is 0.221 e. The van der Waals surface area contributed by atoms with Gasteiger partial charge in [0, 0.05) is 12.0 Å². The Morgan fingerprint density at radius 3 is 2.48 bits per heavy atom. The van der Waals surface area contributed by atoms with E-state index in [9.17, 15) is 18.3 Å². The van der Waals surface area contributed by atoms with Gasteiger partial charge in [0.15, 0.2) is 9.84 Å². The molecule has 0 unspecified atom stereocenters. The van der Waals surface area contributed by atoms with Crippen molar-refractivity contribution >= 4 is 26.5 Å². The number of hydrogen-bond donors (Lipinski definition) is 2. The number of phenols is 1. The maximum absolute atomic E-state index is 12.8. The number of fused-ring (bicyclic) bond motifs is 1. The smallest absolute Gasteiger partial charge is 0.221 e. The van der Waals surface area contributed by atoms with Crippen molar-refractivity contribution in [3.8, 4) is 5.75 Å². The summed E-state index contributed by atoms with van der Waals surface area (Å²) >= 11 is 0. The van der Waals surface area contributed by atoms with Gasteiger partial charge in [-0.3, -0.25) is 4.79 Å². The van der Waals surface area contributed by atoms with Gasteiger partial charge in [0.25, 0.3) is 0 Å². The highest BCUT2D eigenvalue weighted by Gasteiger charge is 2.30. The molecule has 150 valence electrons. The first kappa shape index (κ1) is 19.5. The Bertz CT molecular complexity index is 1140. The number of phenolic OH excluding ortho intramolecular Hbond substituents is 1. The third-order valence-electron chi connectivity index (χ3n) is 5.48. The van der Waals surface area contributed by atoms with Crippen LogP contribution in [0.15, 0.2) is 66.7 Å². The fourth-order valence-electron chi connectivity index (χ4n) is 4.07. The summed E-state index contributed by atoms with van der Waals surface area (Å²) in [4.78, 5) is 12.8. The van der Waals surface area contributed by atoms with Crippen molar-refractivity contribution in [2.45, 2.75) is 18.9 Å². The second kappa shape index (κ2) is 7.87. The lowest BCUT2D eigenvalue weighted by Gasteiger charge is -2.23. The normalized spacial score (nSPS) is 19.1. The van der Waals surface area contributed by atoms with Gasteiger partial charge in [-0.15, -0.1) is 0 Å². The molecule has 2 atom stereocenters. The van der Waals surface area contributed by atoms with Crippen LogP contribution in [0.2, 0.25) is 0 Å².